The topological polar surface area (TPSA) is 85.1 Å². The summed E-state index contributed by atoms with van der Waals surface area (Å²) in [6.45, 7) is 1.96. The molecule has 132 valence electrons. The molecule has 0 bridgehead atoms. The van der Waals surface area contributed by atoms with Crippen molar-refractivity contribution >= 4 is 29.9 Å². The quantitative estimate of drug-likeness (QED) is 0.863. The first kappa shape index (κ1) is 18.4. The monoisotopic (exact) mass is 355 g/mol. The van der Waals surface area contributed by atoms with Crippen LogP contribution in [0.4, 0.5) is 5.69 Å². The second-order valence-electron chi connectivity index (χ2n) is 5.78. The van der Waals surface area contributed by atoms with Crippen LogP contribution < -0.4 is 20.1 Å². The van der Waals surface area contributed by atoms with Crippen molar-refractivity contribution in [1.82, 2.24) is 4.90 Å². The number of fused-ring (bicyclic) bond motifs is 1. The molecule has 2 aliphatic rings. The molecule has 1 atom stereocenters. The van der Waals surface area contributed by atoms with E-state index in [9.17, 15) is 9.59 Å². The van der Waals surface area contributed by atoms with Gasteiger partial charge in [-0.3, -0.25) is 9.59 Å². The smallest absolute Gasteiger partial charge is 0.247 e. The number of likely N-dealkylation sites (N-methyl/N-ethyl adjacent to an activating group) is 1. The maximum absolute atomic E-state index is 12.1. The summed E-state index contributed by atoms with van der Waals surface area (Å²) in [7, 11) is 1.67. The second-order valence-corrected chi connectivity index (χ2v) is 5.78. The maximum Gasteiger partial charge on any atom is 0.247 e. The molecule has 0 saturated carbocycles. The Balaban J connectivity index is 0.00000208. The zero-order valence-electron chi connectivity index (χ0n) is 13.6. The molecular formula is C16H22ClN3O4. The predicted molar refractivity (Wildman–Crippen MR) is 91.9 cm³/mol. The second kappa shape index (κ2) is 7.72. The number of likely N-dealkylation sites (tertiary alicyclic amines) is 1. The summed E-state index contributed by atoms with van der Waals surface area (Å²) >= 11 is 0. The standard InChI is InChI=1S/C16H21N3O4.ClH/c1-18-13-9-11(22-8-7-19-6-2-3-15(19)20)4-5-14(13)23-10-12(17)16(18)21;/h4-5,9,12H,2-3,6-8,10,17H2,1H3;1H/t12-;/m0./s1. The van der Waals surface area contributed by atoms with Crippen LogP contribution in [0.25, 0.3) is 0 Å². The Morgan fingerprint density at radius 1 is 1.38 bits per heavy atom. The van der Waals surface area contributed by atoms with Crippen molar-refractivity contribution < 1.29 is 19.1 Å². The molecule has 24 heavy (non-hydrogen) atoms. The molecule has 1 aromatic rings. The number of carbonyl (C=O) groups excluding carboxylic acids is 2. The summed E-state index contributed by atoms with van der Waals surface area (Å²) in [5, 5.41) is 0. The third-order valence-corrected chi connectivity index (χ3v) is 4.16. The fourth-order valence-electron chi connectivity index (χ4n) is 2.80. The molecular weight excluding hydrogens is 334 g/mol. The summed E-state index contributed by atoms with van der Waals surface area (Å²) < 4.78 is 11.3. The molecule has 1 fully saturated rings. The van der Waals surface area contributed by atoms with Gasteiger partial charge in [-0.15, -0.1) is 12.4 Å². The Morgan fingerprint density at radius 3 is 2.88 bits per heavy atom. The number of nitrogens with two attached hydrogens (primary N) is 1. The van der Waals surface area contributed by atoms with Crippen molar-refractivity contribution in [2.75, 3.05) is 38.3 Å². The normalized spacial score (nSPS) is 20.2. The molecule has 8 heteroatoms. The van der Waals surface area contributed by atoms with Crippen LogP contribution in [0.1, 0.15) is 12.8 Å². The van der Waals surface area contributed by atoms with E-state index in [1.807, 2.05) is 0 Å². The molecule has 0 radical (unpaired) electrons. The van der Waals surface area contributed by atoms with Gasteiger partial charge in [0.2, 0.25) is 11.8 Å². The lowest BCUT2D eigenvalue weighted by atomic mass is 10.2. The van der Waals surface area contributed by atoms with Gasteiger partial charge >= 0.3 is 0 Å². The van der Waals surface area contributed by atoms with E-state index in [4.69, 9.17) is 15.2 Å². The molecule has 2 heterocycles. The van der Waals surface area contributed by atoms with E-state index in [1.54, 1.807) is 30.1 Å². The zero-order chi connectivity index (χ0) is 16.4. The average Bonchev–Trinajstić information content (AvgIpc) is 2.92. The number of rotatable bonds is 4. The molecule has 1 saturated heterocycles. The van der Waals surface area contributed by atoms with Crippen molar-refractivity contribution in [1.29, 1.82) is 0 Å². The third-order valence-electron chi connectivity index (χ3n) is 4.16. The van der Waals surface area contributed by atoms with Crippen molar-refractivity contribution in [3.8, 4) is 11.5 Å². The van der Waals surface area contributed by atoms with E-state index >= 15 is 0 Å². The first-order valence-electron chi connectivity index (χ1n) is 7.77. The van der Waals surface area contributed by atoms with Gasteiger partial charge in [-0.1, -0.05) is 0 Å². The van der Waals surface area contributed by atoms with Crippen LogP contribution in [-0.4, -0.2) is 56.1 Å². The van der Waals surface area contributed by atoms with E-state index in [0.717, 1.165) is 13.0 Å². The first-order chi connectivity index (χ1) is 11.1. The first-order valence-corrected chi connectivity index (χ1v) is 7.77. The molecule has 0 spiro atoms. The number of anilines is 1. The van der Waals surface area contributed by atoms with E-state index in [2.05, 4.69) is 0 Å². The highest BCUT2D eigenvalue weighted by Gasteiger charge is 2.27. The predicted octanol–water partition coefficient (Wildman–Crippen LogP) is 0.792. The van der Waals surface area contributed by atoms with Crippen molar-refractivity contribution in [3.05, 3.63) is 18.2 Å². The summed E-state index contributed by atoms with van der Waals surface area (Å²) in [4.78, 5) is 26.9. The zero-order valence-corrected chi connectivity index (χ0v) is 14.4. The van der Waals surface area contributed by atoms with Crippen molar-refractivity contribution in [2.24, 2.45) is 5.73 Å². The number of halogens is 1. The lowest BCUT2D eigenvalue weighted by Gasteiger charge is -2.19. The summed E-state index contributed by atoms with van der Waals surface area (Å²) in [5.41, 5.74) is 6.40. The van der Waals surface area contributed by atoms with Crippen LogP contribution in [0.15, 0.2) is 18.2 Å². The van der Waals surface area contributed by atoms with Crippen LogP contribution >= 0.6 is 12.4 Å². The Morgan fingerprint density at radius 2 is 2.17 bits per heavy atom. The molecule has 0 unspecified atom stereocenters. The number of ether oxygens (including phenoxy) is 2. The molecule has 0 aliphatic carbocycles. The van der Waals surface area contributed by atoms with Crippen molar-refractivity contribution in [2.45, 2.75) is 18.9 Å². The number of hydrogen-bond acceptors (Lipinski definition) is 5. The van der Waals surface area contributed by atoms with E-state index in [0.29, 0.717) is 36.8 Å². The summed E-state index contributed by atoms with van der Waals surface area (Å²) in [6, 6.07) is 4.66. The Hall–Kier alpha value is -1.99. The van der Waals surface area contributed by atoms with Gasteiger partial charge in [-0.25, -0.2) is 0 Å². The highest BCUT2D eigenvalue weighted by molar-refractivity contribution is 5.98. The molecule has 7 nitrogen and oxygen atoms in total. The fourth-order valence-corrected chi connectivity index (χ4v) is 2.80. The van der Waals surface area contributed by atoms with E-state index < -0.39 is 6.04 Å². The van der Waals surface area contributed by atoms with Crippen LogP contribution in [-0.2, 0) is 9.59 Å². The van der Waals surface area contributed by atoms with Gasteiger partial charge in [0.25, 0.3) is 0 Å². The largest absolute Gasteiger partial charge is 0.492 e. The van der Waals surface area contributed by atoms with Crippen LogP contribution in [0.2, 0.25) is 0 Å². The van der Waals surface area contributed by atoms with Gasteiger partial charge in [0.1, 0.15) is 30.8 Å². The molecule has 0 aromatic heterocycles. The number of amides is 2. The van der Waals surface area contributed by atoms with Gasteiger partial charge in [0, 0.05) is 26.1 Å². The number of benzene rings is 1. The molecule has 3 rings (SSSR count). The minimum absolute atomic E-state index is 0. The van der Waals surface area contributed by atoms with Gasteiger partial charge < -0.3 is 25.0 Å². The number of nitrogens with zero attached hydrogens (tertiary/aromatic N) is 2. The van der Waals surface area contributed by atoms with Gasteiger partial charge in [0.05, 0.1) is 12.2 Å². The summed E-state index contributed by atoms with van der Waals surface area (Å²) in [5.74, 6) is 1.23. The summed E-state index contributed by atoms with van der Waals surface area (Å²) in [6.07, 6.45) is 1.55. The highest BCUT2D eigenvalue weighted by atomic mass is 35.5. The lowest BCUT2D eigenvalue weighted by Crippen LogP contribution is -2.43. The average molecular weight is 356 g/mol. The van der Waals surface area contributed by atoms with Crippen molar-refractivity contribution in [3.63, 3.8) is 0 Å². The molecule has 2 aliphatic heterocycles. The van der Waals surface area contributed by atoms with Gasteiger partial charge in [-0.05, 0) is 18.6 Å². The Labute approximate surface area is 147 Å². The van der Waals surface area contributed by atoms with E-state index in [1.165, 1.54) is 4.90 Å². The lowest BCUT2D eigenvalue weighted by molar-refractivity contribution is -0.128. The number of carbonyl (C=O) groups is 2. The Bertz CT molecular complexity index is 625. The van der Waals surface area contributed by atoms with Gasteiger partial charge in [-0.2, -0.15) is 0 Å². The Kier molecular flexibility index (Phi) is 5.90. The highest BCUT2D eigenvalue weighted by Crippen LogP contribution is 2.33. The maximum atomic E-state index is 12.1. The van der Waals surface area contributed by atoms with E-state index in [-0.39, 0.29) is 30.8 Å². The molecule has 2 N–H and O–H groups in total. The van der Waals surface area contributed by atoms with Crippen LogP contribution in [0, 0.1) is 0 Å². The van der Waals surface area contributed by atoms with Crippen LogP contribution in [0.3, 0.4) is 0 Å². The minimum Gasteiger partial charge on any atom is -0.492 e. The molecule has 2 amide bonds. The molecule has 1 aromatic carbocycles. The fraction of sp³-hybridized carbons (Fsp3) is 0.500. The number of hydrogen-bond donors (Lipinski definition) is 1. The minimum atomic E-state index is -0.669. The third kappa shape index (κ3) is 3.73. The van der Waals surface area contributed by atoms with Crippen LogP contribution in [0.5, 0.6) is 11.5 Å². The SMILES string of the molecule is CN1C(=O)[C@@H](N)COc2ccc(OCCN3CCCC3=O)cc21.Cl. The van der Waals surface area contributed by atoms with Gasteiger partial charge in [0.15, 0.2) is 0 Å².